The molecule has 0 unspecified atom stereocenters. The summed E-state index contributed by atoms with van der Waals surface area (Å²) in [6.07, 6.45) is 8.70. The van der Waals surface area contributed by atoms with Gasteiger partial charge in [0.2, 0.25) is 0 Å². The Morgan fingerprint density at radius 2 is 1.28 bits per heavy atom. The first kappa shape index (κ1) is 19.5. The van der Waals surface area contributed by atoms with Crippen molar-refractivity contribution in [2.24, 2.45) is 5.41 Å². The molecule has 2 aromatic rings. The summed E-state index contributed by atoms with van der Waals surface area (Å²) >= 11 is 0. The van der Waals surface area contributed by atoms with Crippen molar-refractivity contribution in [3.63, 3.8) is 0 Å². The highest BCUT2D eigenvalue weighted by molar-refractivity contribution is 6.17. The topological polar surface area (TPSA) is 54.0 Å². The van der Waals surface area contributed by atoms with Crippen LogP contribution in [0.3, 0.4) is 0 Å². The molecular formula is C27H26O5. The van der Waals surface area contributed by atoms with Gasteiger partial charge in [0.1, 0.15) is 35.2 Å². The molecule has 32 heavy (non-hydrogen) atoms. The summed E-state index contributed by atoms with van der Waals surface area (Å²) in [6, 6.07) is 11.5. The summed E-state index contributed by atoms with van der Waals surface area (Å²) in [6.45, 7) is 0. The lowest BCUT2D eigenvalue weighted by molar-refractivity contribution is -0.122. The van der Waals surface area contributed by atoms with Gasteiger partial charge in [-0.3, -0.25) is 4.79 Å². The van der Waals surface area contributed by atoms with Gasteiger partial charge in [0, 0.05) is 34.4 Å². The molecule has 0 amide bonds. The van der Waals surface area contributed by atoms with E-state index in [4.69, 9.17) is 18.9 Å². The van der Waals surface area contributed by atoms with Crippen molar-refractivity contribution in [2.75, 3.05) is 14.2 Å². The van der Waals surface area contributed by atoms with Crippen LogP contribution in [0.15, 0.2) is 47.5 Å². The third-order valence-electron chi connectivity index (χ3n) is 7.47. The Bertz CT molecular complexity index is 1090. The third kappa shape index (κ3) is 2.73. The predicted molar refractivity (Wildman–Crippen MR) is 121 cm³/mol. The number of fused-ring (bicyclic) bond motifs is 6. The summed E-state index contributed by atoms with van der Waals surface area (Å²) in [4.78, 5) is 13.7. The minimum absolute atomic E-state index is 0.0270. The second kappa shape index (κ2) is 7.16. The molecule has 2 saturated carbocycles. The number of hydrogen-bond donors (Lipinski definition) is 0. The highest BCUT2D eigenvalue weighted by Gasteiger charge is 2.59. The fourth-order valence-corrected chi connectivity index (χ4v) is 5.86. The molecule has 1 spiro atoms. The highest BCUT2D eigenvalue weighted by atomic mass is 16.5. The number of hydrogen-bond acceptors (Lipinski definition) is 5. The minimum atomic E-state index is -0.329. The maximum atomic E-state index is 13.7. The maximum Gasteiger partial charge on any atom is 0.192 e. The average Bonchev–Trinajstić information content (AvgIpc) is 2.85. The zero-order chi connectivity index (χ0) is 21.9. The molecule has 2 atom stereocenters. The molecule has 0 radical (unpaired) electrons. The number of rotatable bonds is 2. The molecule has 0 saturated heterocycles. The van der Waals surface area contributed by atoms with E-state index in [0.717, 1.165) is 71.0 Å². The van der Waals surface area contributed by atoms with E-state index in [2.05, 4.69) is 0 Å². The van der Waals surface area contributed by atoms with Crippen molar-refractivity contribution in [3.05, 3.63) is 58.7 Å². The summed E-state index contributed by atoms with van der Waals surface area (Å²) in [5, 5.41) is 0. The molecule has 2 fully saturated rings. The molecule has 6 rings (SSSR count). The predicted octanol–water partition coefficient (Wildman–Crippen LogP) is 5.23. The van der Waals surface area contributed by atoms with Gasteiger partial charge in [-0.15, -0.1) is 0 Å². The van der Waals surface area contributed by atoms with Gasteiger partial charge in [0.15, 0.2) is 5.78 Å². The summed E-state index contributed by atoms with van der Waals surface area (Å²) < 4.78 is 24.1. The van der Waals surface area contributed by atoms with E-state index in [1.165, 1.54) is 6.42 Å². The first-order valence-corrected chi connectivity index (χ1v) is 11.3. The second-order valence-corrected chi connectivity index (χ2v) is 9.13. The van der Waals surface area contributed by atoms with Crippen molar-refractivity contribution in [2.45, 2.75) is 44.3 Å². The zero-order valence-corrected chi connectivity index (χ0v) is 18.4. The quantitative estimate of drug-likeness (QED) is 0.653. The largest absolute Gasteiger partial charge is 0.497 e. The molecule has 2 heterocycles. The van der Waals surface area contributed by atoms with Crippen molar-refractivity contribution in [3.8, 4) is 23.0 Å². The van der Waals surface area contributed by atoms with Gasteiger partial charge in [-0.05, 0) is 49.3 Å². The number of carbonyl (C=O) groups is 1. The molecule has 164 valence electrons. The highest BCUT2D eigenvalue weighted by Crippen LogP contribution is 2.56. The smallest absolute Gasteiger partial charge is 0.192 e. The first-order valence-electron chi connectivity index (χ1n) is 11.3. The number of methoxy groups -OCH3 is 2. The van der Waals surface area contributed by atoms with Gasteiger partial charge < -0.3 is 18.9 Å². The Balaban J connectivity index is 1.52. The Hall–Kier alpha value is -3.21. The summed E-state index contributed by atoms with van der Waals surface area (Å²) in [7, 11) is 3.30. The van der Waals surface area contributed by atoms with Crippen LogP contribution in [0.4, 0.5) is 0 Å². The Morgan fingerprint density at radius 3 is 1.75 bits per heavy atom. The van der Waals surface area contributed by atoms with Crippen LogP contribution < -0.4 is 18.9 Å². The van der Waals surface area contributed by atoms with Crippen molar-refractivity contribution in [1.29, 1.82) is 0 Å². The fourth-order valence-electron chi connectivity index (χ4n) is 5.86. The Kier molecular flexibility index (Phi) is 4.36. The SMILES string of the molecule is COc1ccc2c(c1)O[C@@H]1C(=C2)C(=O)C2=Cc3ccc(OC)cc3O[C@H]2C12CCCCC2. The van der Waals surface area contributed by atoms with Gasteiger partial charge in [-0.25, -0.2) is 0 Å². The van der Waals surface area contributed by atoms with E-state index < -0.39 is 0 Å². The third-order valence-corrected chi connectivity index (χ3v) is 7.47. The maximum absolute atomic E-state index is 13.7. The van der Waals surface area contributed by atoms with Gasteiger partial charge >= 0.3 is 0 Å². The van der Waals surface area contributed by atoms with Crippen molar-refractivity contribution >= 4 is 17.9 Å². The Morgan fingerprint density at radius 1 is 0.781 bits per heavy atom. The molecular weight excluding hydrogens is 404 g/mol. The number of benzene rings is 2. The molecule has 2 aliphatic carbocycles. The summed E-state index contributed by atoms with van der Waals surface area (Å²) in [5.41, 5.74) is 3.03. The van der Waals surface area contributed by atoms with E-state index in [1.54, 1.807) is 14.2 Å². The van der Waals surface area contributed by atoms with E-state index in [-0.39, 0.29) is 23.4 Å². The Labute approximate surface area is 187 Å². The van der Waals surface area contributed by atoms with Crippen LogP contribution in [0.25, 0.3) is 12.2 Å². The normalized spacial score (nSPS) is 24.5. The lowest BCUT2D eigenvalue weighted by Gasteiger charge is -2.53. The van der Waals surface area contributed by atoms with Gasteiger partial charge in [-0.2, -0.15) is 0 Å². The van der Waals surface area contributed by atoms with Crippen LogP contribution >= 0.6 is 0 Å². The van der Waals surface area contributed by atoms with Crippen LogP contribution in [0.5, 0.6) is 23.0 Å². The number of Topliss-reactive ketones (excluding diaryl/α,β-unsaturated/α-hetero) is 1. The van der Waals surface area contributed by atoms with E-state index in [0.29, 0.717) is 0 Å². The number of ketones is 1. The van der Waals surface area contributed by atoms with E-state index in [9.17, 15) is 4.79 Å². The lowest BCUT2D eigenvalue weighted by atomic mass is 9.57. The minimum Gasteiger partial charge on any atom is -0.497 e. The van der Waals surface area contributed by atoms with Gasteiger partial charge in [0.05, 0.1) is 19.6 Å². The molecule has 5 nitrogen and oxygen atoms in total. The second-order valence-electron chi connectivity index (χ2n) is 9.13. The van der Waals surface area contributed by atoms with Crippen molar-refractivity contribution < 1.29 is 23.7 Å². The standard InChI is InChI=1S/C27H26O5/c1-29-18-8-6-16-12-20-24(28)21-13-17-7-9-19(30-2)15-23(17)32-26(21)27(10-4-3-5-11-27)25(20)31-22(16)14-18/h6-9,12-15,25-26H,3-5,10-11H2,1-2H3/t25-,26-/m1/s1. The van der Waals surface area contributed by atoms with E-state index >= 15 is 0 Å². The lowest BCUT2D eigenvalue weighted by Crippen LogP contribution is -2.59. The van der Waals surface area contributed by atoms with Gasteiger partial charge in [-0.1, -0.05) is 19.3 Å². The monoisotopic (exact) mass is 430 g/mol. The fraction of sp³-hybridized carbons (Fsp3) is 0.370. The molecule has 0 aromatic heterocycles. The molecule has 0 bridgehead atoms. The molecule has 2 aromatic carbocycles. The van der Waals surface area contributed by atoms with Crippen LogP contribution in [-0.2, 0) is 4.79 Å². The van der Waals surface area contributed by atoms with Gasteiger partial charge in [0.25, 0.3) is 0 Å². The molecule has 2 aliphatic heterocycles. The average molecular weight is 431 g/mol. The van der Waals surface area contributed by atoms with Crippen LogP contribution in [0.1, 0.15) is 43.2 Å². The number of ether oxygens (including phenoxy) is 4. The van der Waals surface area contributed by atoms with Crippen LogP contribution in [0.2, 0.25) is 0 Å². The molecule has 5 heteroatoms. The van der Waals surface area contributed by atoms with E-state index in [1.807, 2.05) is 48.6 Å². The zero-order valence-electron chi connectivity index (χ0n) is 18.4. The summed E-state index contributed by atoms with van der Waals surface area (Å²) in [5.74, 6) is 3.05. The van der Waals surface area contributed by atoms with Crippen LogP contribution in [-0.4, -0.2) is 32.2 Å². The first-order chi connectivity index (χ1) is 15.6. The molecule has 0 N–H and O–H groups in total. The van der Waals surface area contributed by atoms with Crippen molar-refractivity contribution in [1.82, 2.24) is 0 Å². The molecule has 4 aliphatic rings. The number of carbonyl (C=O) groups excluding carboxylic acids is 1. The van der Waals surface area contributed by atoms with Crippen LogP contribution in [0, 0.1) is 5.41 Å².